The summed E-state index contributed by atoms with van der Waals surface area (Å²) in [7, 11) is 1.69. The number of carbonyl (C=O) groups excluding carboxylic acids is 1. The molecule has 0 saturated carbocycles. The molecule has 0 unspecified atom stereocenters. The number of aromatic nitrogens is 5. The quantitative estimate of drug-likeness (QED) is 0.305. The number of aryl methyl sites for hydroxylation is 2. The molecule has 1 amide bonds. The molecule has 4 aromatic rings. The number of fused-ring (bicyclic) bond motifs is 2. The van der Waals surface area contributed by atoms with Crippen molar-refractivity contribution in [3.63, 3.8) is 0 Å². The SMILES string of the molecule is CC[C@H]1Cc2c(nn(C)c2-c2cc(F)c(F)c(F)c2)[C@@H](CC)N1C(=O)c1cc(C(C)C)nc2c(C)cnn12. The third-order valence-corrected chi connectivity index (χ3v) is 7.49. The van der Waals surface area contributed by atoms with E-state index < -0.39 is 17.5 Å². The van der Waals surface area contributed by atoms with Gasteiger partial charge in [-0.2, -0.15) is 10.2 Å². The molecular weight excluding hydrogens is 493 g/mol. The summed E-state index contributed by atoms with van der Waals surface area (Å²) in [6, 6.07) is 3.25. The van der Waals surface area contributed by atoms with E-state index in [-0.39, 0.29) is 29.5 Å². The largest absolute Gasteiger partial charge is 0.325 e. The Morgan fingerprint density at radius 3 is 2.39 bits per heavy atom. The van der Waals surface area contributed by atoms with Gasteiger partial charge in [-0.1, -0.05) is 27.7 Å². The van der Waals surface area contributed by atoms with Crippen LogP contribution in [0.15, 0.2) is 24.4 Å². The van der Waals surface area contributed by atoms with Crippen LogP contribution in [0.25, 0.3) is 16.9 Å². The number of benzene rings is 1. The first-order chi connectivity index (χ1) is 18.1. The van der Waals surface area contributed by atoms with Gasteiger partial charge >= 0.3 is 0 Å². The first-order valence-electron chi connectivity index (χ1n) is 13.0. The van der Waals surface area contributed by atoms with Crippen molar-refractivity contribution in [2.24, 2.45) is 7.05 Å². The first kappa shape index (κ1) is 25.9. The molecule has 0 aliphatic carbocycles. The van der Waals surface area contributed by atoms with Crippen molar-refractivity contribution in [1.29, 1.82) is 0 Å². The highest BCUT2D eigenvalue weighted by atomic mass is 19.2. The Balaban J connectivity index is 1.65. The van der Waals surface area contributed by atoms with E-state index in [0.717, 1.165) is 29.0 Å². The molecule has 0 saturated heterocycles. The number of nitrogens with zero attached hydrogens (tertiary/aromatic N) is 6. The Morgan fingerprint density at radius 2 is 1.79 bits per heavy atom. The Labute approximate surface area is 219 Å². The van der Waals surface area contributed by atoms with Crippen LogP contribution in [-0.4, -0.2) is 41.2 Å². The van der Waals surface area contributed by atoms with Crippen LogP contribution in [-0.2, 0) is 13.5 Å². The summed E-state index contributed by atoms with van der Waals surface area (Å²) in [5.41, 5.74) is 5.02. The molecule has 0 N–H and O–H groups in total. The van der Waals surface area contributed by atoms with Crippen LogP contribution in [0.3, 0.4) is 0 Å². The number of amides is 1. The third kappa shape index (κ3) is 3.97. The molecule has 5 rings (SSSR count). The lowest BCUT2D eigenvalue weighted by Crippen LogP contribution is -2.47. The maximum Gasteiger partial charge on any atom is 0.273 e. The minimum absolute atomic E-state index is 0.118. The Bertz CT molecular complexity index is 1530. The highest BCUT2D eigenvalue weighted by Crippen LogP contribution is 2.41. The van der Waals surface area contributed by atoms with Gasteiger partial charge in [0.25, 0.3) is 5.91 Å². The van der Waals surface area contributed by atoms with Gasteiger partial charge in [0.05, 0.1) is 23.6 Å². The average Bonchev–Trinajstić information content (AvgIpc) is 3.43. The summed E-state index contributed by atoms with van der Waals surface area (Å²) in [5.74, 6) is -4.05. The van der Waals surface area contributed by atoms with Gasteiger partial charge in [0.15, 0.2) is 23.1 Å². The molecule has 38 heavy (non-hydrogen) atoms. The van der Waals surface area contributed by atoms with Crippen LogP contribution in [0.4, 0.5) is 13.2 Å². The van der Waals surface area contributed by atoms with E-state index in [4.69, 9.17) is 10.1 Å². The molecule has 2 atom stereocenters. The van der Waals surface area contributed by atoms with Crippen molar-refractivity contribution in [3.05, 3.63) is 70.1 Å². The van der Waals surface area contributed by atoms with E-state index in [2.05, 4.69) is 5.10 Å². The lowest BCUT2D eigenvalue weighted by atomic mass is 9.87. The summed E-state index contributed by atoms with van der Waals surface area (Å²) in [6.07, 6.45) is 3.40. The second kappa shape index (κ2) is 9.56. The minimum Gasteiger partial charge on any atom is -0.325 e. The Morgan fingerprint density at radius 1 is 1.11 bits per heavy atom. The highest BCUT2D eigenvalue weighted by molar-refractivity contribution is 5.94. The van der Waals surface area contributed by atoms with E-state index >= 15 is 0 Å². The van der Waals surface area contributed by atoms with Crippen LogP contribution in [0.2, 0.25) is 0 Å². The molecule has 0 radical (unpaired) electrons. The fourth-order valence-electron chi connectivity index (χ4n) is 5.54. The zero-order chi connectivity index (χ0) is 27.5. The summed E-state index contributed by atoms with van der Waals surface area (Å²) in [6.45, 7) is 9.98. The van der Waals surface area contributed by atoms with Crippen molar-refractivity contribution in [3.8, 4) is 11.3 Å². The molecule has 1 aromatic carbocycles. The van der Waals surface area contributed by atoms with Crippen molar-refractivity contribution >= 4 is 11.6 Å². The molecule has 3 aromatic heterocycles. The van der Waals surface area contributed by atoms with Crippen molar-refractivity contribution in [2.45, 2.75) is 71.9 Å². The van der Waals surface area contributed by atoms with Crippen molar-refractivity contribution in [2.75, 3.05) is 0 Å². The normalized spacial score (nSPS) is 17.5. The summed E-state index contributed by atoms with van der Waals surface area (Å²) >= 11 is 0. The lowest BCUT2D eigenvalue weighted by Gasteiger charge is -2.41. The van der Waals surface area contributed by atoms with Crippen LogP contribution in [0.5, 0.6) is 0 Å². The van der Waals surface area contributed by atoms with E-state index in [0.29, 0.717) is 42.0 Å². The van der Waals surface area contributed by atoms with Gasteiger partial charge < -0.3 is 4.90 Å². The second-order valence-corrected chi connectivity index (χ2v) is 10.3. The molecule has 7 nitrogen and oxygen atoms in total. The topological polar surface area (TPSA) is 68.3 Å². The molecule has 0 bridgehead atoms. The number of rotatable bonds is 5. The fraction of sp³-hybridized carbons (Fsp3) is 0.429. The van der Waals surface area contributed by atoms with Gasteiger partial charge in [-0.3, -0.25) is 9.48 Å². The second-order valence-electron chi connectivity index (χ2n) is 10.3. The number of hydrogen-bond donors (Lipinski definition) is 0. The molecule has 0 fully saturated rings. The fourth-order valence-corrected chi connectivity index (χ4v) is 5.54. The predicted molar refractivity (Wildman–Crippen MR) is 137 cm³/mol. The van der Waals surface area contributed by atoms with Crippen molar-refractivity contribution in [1.82, 2.24) is 29.3 Å². The number of carbonyl (C=O) groups is 1. The zero-order valence-corrected chi connectivity index (χ0v) is 22.4. The molecule has 4 heterocycles. The van der Waals surface area contributed by atoms with Gasteiger partial charge in [0.2, 0.25) is 0 Å². The first-order valence-corrected chi connectivity index (χ1v) is 13.0. The van der Waals surface area contributed by atoms with Gasteiger partial charge in [0, 0.05) is 35.5 Å². The number of halogens is 3. The zero-order valence-electron chi connectivity index (χ0n) is 22.4. The highest BCUT2D eigenvalue weighted by Gasteiger charge is 2.41. The minimum atomic E-state index is -1.50. The number of hydrogen-bond acceptors (Lipinski definition) is 4. The molecule has 1 aliphatic rings. The van der Waals surface area contributed by atoms with Crippen LogP contribution < -0.4 is 0 Å². The maximum absolute atomic E-state index is 14.3. The van der Waals surface area contributed by atoms with Gasteiger partial charge in [-0.25, -0.2) is 22.7 Å². The van der Waals surface area contributed by atoms with Crippen LogP contribution in [0, 0.1) is 24.4 Å². The summed E-state index contributed by atoms with van der Waals surface area (Å²) < 4.78 is 45.2. The Kier molecular flexibility index (Phi) is 6.53. The average molecular weight is 525 g/mol. The molecule has 0 spiro atoms. The van der Waals surface area contributed by atoms with Crippen molar-refractivity contribution < 1.29 is 18.0 Å². The smallest absolute Gasteiger partial charge is 0.273 e. The van der Waals surface area contributed by atoms with E-state index in [1.165, 1.54) is 0 Å². The molecular formula is C28H31F3N6O. The van der Waals surface area contributed by atoms with Crippen LogP contribution in [0.1, 0.15) is 85.5 Å². The summed E-state index contributed by atoms with van der Waals surface area (Å²) in [4.78, 5) is 20.9. The lowest BCUT2D eigenvalue weighted by molar-refractivity contribution is 0.0503. The third-order valence-electron chi connectivity index (χ3n) is 7.49. The maximum atomic E-state index is 14.3. The standard InChI is InChI=1S/C28H31F3N6O/c1-7-17-11-18-25(34-35(6)26(18)16-9-19(29)24(31)20(30)10-16)22(8-2)36(17)28(38)23-12-21(14(3)4)33-27-15(5)13-32-37(23)27/h9-10,12-14,17,22H,7-8,11H2,1-6H3/t17-,22+/m0/s1. The van der Waals surface area contributed by atoms with E-state index in [9.17, 15) is 18.0 Å². The summed E-state index contributed by atoms with van der Waals surface area (Å²) in [5, 5.41) is 9.17. The Hall–Kier alpha value is -3.69. The van der Waals surface area contributed by atoms with Gasteiger partial charge in [-0.15, -0.1) is 0 Å². The molecule has 10 heteroatoms. The van der Waals surface area contributed by atoms with Crippen LogP contribution >= 0.6 is 0 Å². The molecule has 200 valence electrons. The van der Waals surface area contributed by atoms with E-state index in [1.807, 2.05) is 45.6 Å². The van der Waals surface area contributed by atoms with Gasteiger partial charge in [0.1, 0.15) is 5.69 Å². The van der Waals surface area contributed by atoms with E-state index in [1.54, 1.807) is 22.4 Å². The predicted octanol–water partition coefficient (Wildman–Crippen LogP) is 5.91. The van der Waals surface area contributed by atoms with Gasteiger partial charge in [-0.05, 0) is 50.3 Å². The molecule has 1 aliphatic heterocycles. The monoisotopic (exact) mass is 524 g/mol.